The predicted octanol–water partition coefficient (Wildman–Crippen LogP) is 4.93. The average Bonchev–Trinajstić information content (AvgIpc) is 3.31. The molecule has 0 aromatic heterocycles. The smallest absolute Gasteiger partial charge is 0.305 e. The minimum absolute atomic E-state index is 0.0902. The van der Waals surface area contributed by atoms with Gasteiger partial charge in [0.25, 0.3) is 0 Å². The fourth-order valence-electron chi connectivity index (χ4n) is 9.81. The van der Waals surface area contributed by atoms with E-state index in [0.29, 0.717) is 41.4 Å². The minimum atomic E-state index is -0.0902. The van der Waals surface area contributed by atoms with Gasteiger partial charge in [-0.2, -0.15) is 0 Å². The van der Waals surface area contributed by atoms with Crippen molar-refractivity contribution in [3.63, 3.8) is 0 Å². The zero-order valence-corrected chi connectivity index (χ0v) is 22.4. The lowest BCUT2D eigenvalue weighted by Crippen LogP contribution is -2.58. The maximum absolute atomic E-state index is 11.8. The standard InChI is InChI=1S/C29H50N2O3/c1-18(2)30-14-15-31-20-12-13-28(3)19(16-20)6-7-21-22-8-9-23-25(10-11-27(32)33-5)34-26(17-24(21)28)29(22,23)4/h18-26,30-31H,6-17H2,1-5H3/t19-,20+,21?,22?,23-,24?,25-,26+,28+,29+/m1/s1. The molecule has 1 saturated heterocycles. The summed E-state index contributed by atoms with van der Waals surface area (Å²) in [6.07, 6.45) is 12.8. The molecule has 34 heavy (non-hydrogen) atoms. The van der Waals surface area contributed by atoms with Crippen molar-refractivity contribution in [1.82, 2.24) is 10.6 Å². The molecule has 5 rings (SSSR count). The largest absolute Gasteiger partial charge is 0.469 e. The van der Waals surface area contributed by atoms with Crippen molar-refractivity contribution >= 4 is 5.97 Å². The molecule has 5 aliphatic rings. The molecule has 0 bridgehead atoms. The molecule has 1 aliphatic heterocycles. The van der Waals surface area contributed by atoms with Gasteiger partial charge in [-0.15, -0.1) is 0 Å². The maximum atomic E-state index is 11.8. The van der Waals surface area contributed by atoms with Crippen LogP contribution < -0.4 is 10.6 Å². The van der Waals surface area contributed by atoms with E-state index in [1.54, 1.807) is 0 Å². The van der Waals surface area contributed by atoms with Crippen molar-refractivity contribution in [2.45, 2.75) is 116 Å². The Kier molecular flexibility index (Phi) is 7.11. The van der Waals surface area contributed by atoms with Crippen LogP contribution in [0.2, 0.25) is 0 Å². The summed E-state index contributed by atoms with van der Waals surface area (Å²) in [6.45, 7) is 11.8. The molecular formula is C29H50N2O3. The van der Waals surface area contributed by atoms with Gasteiger partial charge in [-0.25, -0.2) is 0 Å². The summed E-state index contributed by atoms with van der Waals surface area (Å²) in [4.78, 5) is 11.8. The third-order valence-corrected chi connectivity index (χ3v) is 11.6. The first-order valence-electron chi connectivity index (χ1n) is 14.5. The lowest BCUT2D eigenvalue weighted by atomic mass is 9.44. The van der Waals surface area contributed by atoms with Gasteiger partial charge in [-0.05, 0) is 92.8 Å². The topological polar surface area (TPSA) is 59.6 Å². The second kappa shape index (κ2) is 9.67. The molecule has 3 unspecified atom stereocenters. The molecular weight excluding hydrogens is 424 g/mol. The molecule has 0 amide bonds. The Bertz CT molecular complexity index is 743. The number of esters is 1. The Morgan fingerprint density at radius 1 is 1.03 bits per heavy atom. The van der Waals surface area contributed by atoms with E-state index in [1.807, 2.05) is 0 Å². The Hall–Kier alpha value is -0.650. The van der Waals surface area contributed by atoms with Gasteiger partial charge in [0.15, 0.2) is 0 Å². The summed E-state index contributed by atoms with van der Waals surface area (Å²) in [6, 6.07) is 1.26. The van der Waals surface area contributed by atoms with Crippen LogP contribution in [0.25, 0.3) is 0 Å². The maximum Gasteiger partial charge on any atom is 0.305 e. The first kappa shape index (κ1) is 25.0. The highest BCUT2D eigenvalue weighted by molar-refractivity contribution is 5.69. The number of nitrogens with one attached hydrogen (secondary N) is 2. The predicted molar refractivity (Wildman–Crippen MR) is 135 cm³/mol. The van der Waals surface area contributed by atoms with Crippen molar-refractivity contribution in [1.29, 1.82) is 0 Å². The normalized spacial score (nSPS) is 47.2. The highest BCUT2D eigenvalue weighted by atomic mass is 16.5. The molecule has 4 aliphatic carbocycles. The van der Waals surface area contributed by atoms with Crippen molar-refractivity contribution < 1.29 is 14.3 Å². The average molecular weight is 475 g/mol. The number of carbonyl (C=O) groups is 1. The third kappa shape index (κ3) is 4.16. The quantitative estimate of drug-likeness (QED) is 0.386. The summed E-state index contributed by atoms with van der Waals surface area (Å²) in [5, 5.41) is 7.42. The molecule has 2 N–H and O–H groups in total. The highest BCUT2D eigenvalue weighted by Gasteiger charge is 2.67. The molecule has 4 saturated carbocycles. The van der Waals surface area contributed by atoms with E-state index in [4.69, 9.17) is 9.47 Å². The van der Waals surface area contributed by atoms with Crippen LogP contribution >= 0.6 is 0 Å². The monoisotopic (exact) mass is 474 g/mol. The van der Waals surface area contributed by atoms with E-state index in [-0.39, 0.29) is 12.1 Å². The zero-order chi connectivity index (χ0) is 24.1. The number of carbonyl (C=O) groups excluding carboxylic acids is 1. The van der Waals surface area contributed by atoms with Crippen LogP contribution in [-0.4, -0.2) is 50.5 Å². The second-order valence-electron chi connectivity index (χ2n) is 13.3. The molecule has 0 spiro atoms. The molecule has 194 valence electrons. The van der Waals surface area contributed by atoms with Crippen molar-refractivity contribution in [2.24, 2.45) is 40.4 Å². The van der Waals surface area contributed by atoms with Crippen LogP contribution in [0.15, 0.2) is 0 Å². The van der Waals surface area contributed by atoms with Gasteiger partial charge in [0, 0.05) is 37.0 Å². The number of methoxy groups -OCH3 is 1. The number of hydrogen-bond donors (Lipinski definition) is 2. The molecule has 5 heteroatoms. The van der Waals surface area contributed by atoms with E-state index in [9.17, 15) is 4.79 Å². The first-order chi connectivity index (χ1) is 16.3. The van der Waals surface area contributed by atoms with E-state index >= 15 is 0 Å². The first-order valence-corrected chi connectivity index (χ1v) is 14.5. The van der Waals surface area contributed by atoms with Crippen LogP contribution in [0.1, 0.15) is 91.9 Å². The fraction of sp³-hybridized carbons (Fsp3) is 0.966. The van der Waals surface area contributed by atoms with Gasteiger partial charge in [0.05, 0.1) is 19.3 Å². The summed E-state index contributed by atoms with van der Waals surface area (Å²) in [5.74, 6) is 3.92. The summed E-state index contributed by atoms with van der Waals surface area (Å²) >= 11 is 0. The molecule has 0 aromatic carbocycles. The highest BCUT2D eigenvalue weighted by Crippen LogP contribution is 2.70. The minimum Gasteiger partial charge on any atom is -0.469 e. The van der Waals surface area contributed by atoms with Gasteiger partial charge in [-0.3, -0.25) is 4.79 Å². The number of hydrogen-bond acceptors (Lipinski definition) is 5. The van der Waals surface area contributed by atoms with Crippen LogP contribution in [-0.2, 0) is 14.3 Å². The van der Waals surface area contributed by atoms with Gasteiger partial charge in [0.1, 0.15) is 0 Å². The Morgan fingerprint density at radius 2 is 1.82 bits per heavy atom. The molecule has 0 radical (unpaired) electrons. The molecule has 10 atom stereocenters. The van der Waals surface area contributed by atoms with E-state index in [0.717, 1.165) is 43.2 Å². The van der Waals surface area contributed by atoms with Crippen LogP contribution in [0, 0.1) is 40.4 Å². The molecule has 1 heterocycles. The second-order valence-corrected chi connectivity index (χ2v) is 13.3. The summed E-state index contributed by atoms with van der Waals surface area (Å²) in [5.41, 5.74) is 0.803. The van der Waals surface area contributed by atoms with Gasteiger partial charge >= 0.3 is 5.97 Å². The van der Waals surface area contributed by atoms with Crippen LogP contribution in [0.5, 0.6) is 0 Å². The van der Waals surface area contributed by atoms with Crippen LogP contribution in [0.4, 0.5) is 0 Å². The number of rotatable bonds is 8. The van der Waals surface area contributed by atoms with Gasteiger partial charge < -0.3 is 20.1 Å². The summed E-state index contributed by atoms with van der Waals surface area (Å²) in [7, 11) is 1.50. The van der Waals surface area contributed by atoms with Gasteiger partial charge in [0.2, 0.25) is 0 Å². The van der Waals surface area contributed by atoms with Crippen LogP contribution in [0.3, 0.4) is 0 Å². The van der Waals surface area contributed by atoms with E-state index in [1.165, 1.54) is 58.5 Å². The molecule has 0 aromatic rings. The van der Waals surface area contributed by atoms with Crippen molar-refractivity contribution in [3.8, 4) is 0 Å². The summed E-state index contributed by atoms with van der Waals surface area (Å²) < 4.78 is 11.8. The Morgan fingerprint density at radius 3 is 2.59 bits per heavy atom. The number of fused-ring (bicyclic) bond motifs is 4. The Balaban J connectivity index is 1.25. The lowest BCUT2D eigenvalue weighted by Gasteiger charge is -2.61. The van der Waals surface area contributed by atoms with E-state index < -0.39 is 0 Å². The van der Waals surface area contributed by atoms with Crippen molar-refractivity contribution in [2.75, 3.05) is 20.2 Å². The van der Waals surface area contributed by atoms with Crippen molar-refractivity contribution in [3.05, 3.63) is 0 Å². The fourth-order valence-corrected chi connectivity index (χ4v) is 9.81. The number of ether oxygens (including phenoxy) is 2. The Labute approximate surface area is 207 Å². The SMILES string of the molecule is COC(=O)CC[C@H]1O[C@H]2CC3C(CC[C@@H]4C[C@@H](NCCNC(C)C)CC[C@]34C)C3CC[C@H]1[C@]32C. The molecule has 5 nitrogen and oxygen atoms in total. The van der Waals surface area contributed by atoms with Gasteiger partial charge in [-0.1, -0.05) is 27.7 Å². The lowest BCUT2D eigenvalue weighted by molar-refractivity contribution is -0.150. The third-order valence-electron chi connectivity index (χ3n) is 11.6. The van der Waals surface area contributed by atoms with E-state index in [2.05, 4.69) is 38.3 Å². The molecule has 5 fully saturated rings. The zero-order valence-electron chi connectivity index (χ0n) is 22.4.